The van der Waals surface area contributed by atoms with E-state index in [-0.39, 0.29) is 18.9 Å². The van der Waals surface area contributed by atoms with Gasteiger partial charge < -0.3 is 25.2 Å². The van der Waals surface area contributed by atoms with Crippen LogP contribution < -0.4 is 10.6 Å². The van der Waals surface area contributed by atoms with Gasteiger partial charge in [-0.05, 0) is 39.7 Å². The second kappa shape index (κ2) is 10.7. The number of piperazine rings is 1. The predicted molar refractivity (Wildman–Crippen MR) is 115 cm³/mol. The number of ether oxygens (including phenoxy) is 2. The van der Waals surface area contributed by atoms with Crippen molar-refractivity contribution in [2.24, 2.45) is 0 Å². The van der Waals surface area contributed by atoms with Crippen molar-refractivity contribution < 1.29 is 29.0 Å². The lowest BCUT2D eigenvalue weighted by Gasteiger charge is -2.29. The van der Waals surface area contributed by atoms with E-state index in [2.05, 4.69) is 10.6 Å². The van der Waals surface area contributed by atoms with Gasteiger partial charge in [0.25, 0.3) is 0 Å². The van der Waals surface area contributed by atoms with Gasteiger partial charge in [-0.3, -0.25) is 14.4 Å². The highest BCUT2D eigenvalue weighted by Crippen LogP contribution is 2.17. The van der Waals surface area contributed by atoms with Crippen molar-refractivity contribution >= 4 is 17.8 Å². The molecule has 0 spiro atoms. The Morgan fingerprint density at radius 1 is 0.968 bits per heavy atom. The van der Waals surface area contributed by atoms with Crippen LogP contribution in [0.1, 0.15) is 52.5 Å². The predicted octanol–water partition coefficient (Wildman–Crippen LogP) is 1.49. The maximum absolute atomic E-state index is 12.3. The van der Waals surface area contributed by atoms with Gasteiger partial charge in [-0.15, -0.1) is 0 Å². The minimum absolute atomic E-state index is 0.132. The molecule has 1 heterocycles. The number of rotatable bonds is 11. The van der Waals surface area contributed by atoms with E-state index in [1.807, 2.05) is 44.2 Å². The van der Waals surface area contributed by atoms with E-state index in [0.717, 1.165) is 5.56 Å². The van der Waals surface area contributed by atoms with E-state index < -0.39 is 35.2 Å². The first-order valence-electron chi connectivity index (χ1n) is 10.6. The van der Waals surface area contributed by atoms with Crippen LogP contribution >= 0.6 is 0 Å². The summed E-state index contributed by atoms with van der Waals surface area (Å²) in [7, 11) is 0. The molecule has 2 atom stereocenters. The Morgan fingerprint density at radius 3 is 2.23 bits per heavy atom. The lowest BCUT2D eigenvalue weighted by Crippen LogP contribution is -2.62. The van der Waals surface area contributed by atoms with E-state index in [9.17, 15) is 19.5 Å². The molecule has 0 aromatic heterocycles. The van der Waals surface area contributed by atoms with Crippen LogP contribution in [0.5, 0.6) is 0 Å². The molecule has 172 valence electrons. The zero-order valence-corrected chi connectivity index (χ0v) is 18.8. The van der Waals surface area contributed by atoms with E-state index >= 15 is 0 Å². The first-order valence-corrected chi connectivity index (χ1v) is 10.6. The van der Waals surface area contributed by atoms with Gasteiger partial charge in [-0.2, -0.15) is 0 Å². The lowest BCUT2D eigenvalue weighted by atomic mass is 10.0. The Bertz CT molecular complexity index is 757. The standard InChI is InChI=1S/C23H34N2O6/c1-22(2,29)10-13-31-23(3,4)11-12-30-19(26)15-18-21(28)24-17(20(27)25-18)14-16-8-6-5-7-9-16/h5-9,17-18,29H,10-15H2,1-4H3,(H,24,28)(H,25,27). The zero-order valence-electron chi connectivity index (χ0n) is 18.8. The van der Waals surface area contributed by atoms with Gasteiger partial charge in [0.05, 0.1) is 30.8 Å². The highest BCUT2D eigenvalue weighted by Gasteiger charge is 2.35. The van der Waals surface area contributed by atoms with Gasteiger partial charge in [-0.1, -0.05) is 30.3 Å². The van der Waals surface area contributed by atoms with Crippen LogP contribution in [0.15, 0.2) is 30.3 Å². The normalized spacial score (nSPS) is 19.5. The fraction of sp³-hybridized carbons (Fsp3) is 0.609. The maximum atomic E-state index is 12.3. The van der Waals surface area contributed by atoms with Crippen LogP contribution in [0.3, 0.4) is 0 Å². The fourth-order valence-electron chi connectivity index (χ4n) is 3.10. The Hall–Kier alpha value is -2.45. The molecule has 2 unspecified atom stereocenters. The molecule has 1 aliphatic rings. The van der Waals surface area contributed by atoms with Gasteiger partial charge >= 0.3 is 5.97 Å². The third-order valence-corrected chi connectivity index (χ3v) is 5.09. The molecular weight excluding hydrogens is 400 g/mol. The first-order chi connectivity index (χ1) is 14.5. The molecule has 0 saturated carbocycles. The lowest BCUT2D eigenvalue weighted by molar-refractivity contribution is -0.149. The monoisotopic (exact) mass is 434 g/mol. The molecule has 1 fully saturated rings. The molecule has 8 heteroatoms. The summed E-state index contributed by atoms with van der Waals surface area (Å²) in [5.74, 6) is -1.27. The number of carbonyl (C=O) groups is 3. The third-order valence-electron chi connectivity index (χ3n) is 5.09. The quantitative estimate of drug-likeness (QED) is 0.455. The minimum atomic E-state index is -0.942. The Balaban J connectivity index is 1.72. The number of hydrogen-bond acceptors (Lipinski definition) is 6. The average molecular weight is 435 g/mol. The van der Waals surface area contributed by atoms with E-state index in [4.69, 9.17) is 9.47 Å². The van der Waals surface area contributed by atoms with Crippen molar-refractivity contribution in [1.82, 2.24) is 10.6 Å². The molecule has 1 aromatic carbocycles. The average Bonchev–Trinajstić information content (AvgIpc) is 2.65. The van der Waals surface area contributed by atoms with Crippen LogP contribution in [0, 0.1) is 0 Å². The molecule has 1 aromatic rings. The molecule has 2 rings (SSSR count). The second-order valence-corrected chi connectivity index (χ2v) is 9.16. The van der Waals surface area contributed by atoms with Crippen molar-refractivity contribution in [2.75, 3.05) is 13.2 Å². The van der Waals surface area contributed by atoms with Crippen molar-refractivity contribution in [3.8, 4) is 0 Å². The fourth-order valence-corrected chi connectivity index (χ4v) is 3.10. The number of esters is 1. The first kappa shape index (κ1) is 24.8. The number of aliphatic hydroxyl groups is 1. The summed E-state index contributed by atoms with van der Waals surface area (Å²) in [6.07, 6.45) is 1.12. The van der Waals surface area contributed by atoms with Crippen LogP contribution in [0.4, 0.5) is 0 Å². The number of amides is 2. The van der Waals surface area contributed by atoms with Gasteiger partial charge in [0.1, 0.15) is 12.1 Å². The maximum Gasteiger partial charge on any atom is 0.308 e. The molecule has 0 aliphatic carbocycles. The molecule has 3 N–H and O–H groups in total. The molecule has 0 bridgehead atoms. The van der Waals surface area contributed by atoms with Gasteiger partial charge in [0.2, 0.25) is 11.8 Å². The van der Waals surface area contributed by atoms with Crippen molar-refractivity contribution in [1.29, 1.82) is 0 Å². The van der Waals surface area contributed by atoms with Gasteiger partial charge in [-0.25, -0.2) is 0 Å². The molecular formula is C23H34N2O6. The van der Waals surface area contributed by atoms with E-state index in [1.54, 1.807) is 13.8 Å². The second-order valence-electron chi connectivity index (χ2n) is 9.16. The highest BCUT2D eigenvalue weighted by atomic mass is 16.5. The van der Waals surface area contributed by atoms with Crippen LogP contribution in [0.2, 0.25) is 0 Å². The van der Waals surface area contributed by atoms with Gasteiger partial charge in [0.15, 0.2) is 0 Å². The SMILES string of the molecule is CC(C)(O)CCOC(C)(C)CCOC(=O)CC1NC(=O)C(Cc2ccccc2)NC1=O. The summed E-state index contributed by atoms with van der Waals surface area (Å²) in [6.45, 7) is 7.72. The molecule has 0 radical (unpaired) electrons. The van der Waals surface area contributed by atoms with Crippen molar-refractivity contribution in [2.45, 2.75) is 76.7 Å². The highest BCUT2D eigenvalue weighted by molar-refractivity contribution is 5.98. The van der Waals surface area contributed by atoms with Gasteiger partial charge in [0, 0.05) is 12.8 Å². The Morgan fingerprint density at radius 2 is 1.58 bits per heavy atom. The molecule has 1 saturated heterocycles. The number of carbonyl (C=O) groups excluding carboxylic acids is 3. The minimum Gasteiger partial charge on any atom is -0.465 e. The Labute approximate surface area is 183 Å². The molecule has 2 amide bonds. The Kier molecular flexibility index (Phi) is 8.59. The molecule has 31 heavy (non-hydrogen) atoms. The molecule has 8 nitrogen and oxygen atoms in total. The van der Waals surface area contributed by atoms with E-state index in [1.165, 1.54) is 0 Å². The van der Waals surface area contributed by atoms with Crippen molar-refractivity contribution in [3.63, 3.8) is 0 Å². The summed E-state index contributed by atoms with van der Waals surface area (Å²) in [4.78, 5) is 36.8. The smallest absolute Gasteiger partial charge is 0.308 e. The summed E-state index contributed by atoms with van der Waals surface area (Å²) in [6, 6.07) is 7.80. The number of hydrogen-bond donors (Lipinski definition) is 3. The molecule has 1 aliphatic heterocycles. The zero-order chi connectivity index (χ0) is 23.1. The van der Waals surface area contributed by atoms with Crippen molar-refractivity contribution in [3.05, 3.63) is 35.9 Å². The summed E-state index contributed by atoms with van der Waals surface area (Å²) < 4.78 is 11.0. The topological polar surface area (TPSA) is 114 Å². The van der Waals surface area contributed by atoms with Crippen LogP contribution in [0.25, 0.3) is 0 Å². The summed E-state index contributed by atoms with van der Waals surface area (Å²) in [5, 5.41) is 15.0. The summed E-state index contributed by atoms with van der Waals surface area (Å²) in [5.41, 5.74) is -0.381. The third kappa shape index (κ3) is 9.06. The van der Waals surface area contributed by atoms with Crippen LogP contribution in [-0.4, -0.2) is 59.4 Å². The summed E-state index contributed by atoms with van der Waals surface area (Å²) >= 11 is 0. The largest absolute Gasteiger partial charge is 0.465 e. The van der Waals surface area contributed by atoms with Crippen LogP contribution in [-0.2, 0) is 30.3 Å². The number of nitrogens with one attached hydrogen (secondary N) is 2. The number of benzene rings is 1. The van der Waals surface area contributed by atoms with E-state index in [0.29, 0.717) is 25.9 Å².